The largest absolute Gasteiger partial charge is 0.477 e. The average Bonchev–Trinajstić information content (AvgIpc) is 2.56. The average molecular weight is 293 g/mol. The highest BCUT2D eigenvalue weighted by atomic mass is 79.9. The Morgan fingerprint density at radius 1 is 1.64 bits per heavy atom. The molecule has 3 nitrogen and oxygen atoms in total. The minimum Gasteiger partial charge on any atom is -0.477 e. The Labute approximate surface area is 96.5 Å². The Kier molecular flexibility index (Phi) is 2.47. The number of aromatic nitrogens is 1. The summed E-state index contributed by atoms with van der Waals surface area (Å²) in [4.78, 5) is 15.0. The molecule has 0 aromatic carbocycles. The van der Waals surface area contributed by atoms with Crippen molar-refractivity contribution < 1.29 is 9.90 Å². The lowest BCUT2D eigenvalue weighted by Crippen LogP contribution is -1.89. The molecule has 0 bridgehead atoms. The maximum atomic E-state index is 10.7. The van der Waals surface area contributed by atoms with Gasteiger partial charge in [-0.25, -0.2) is 4.79 Å². The minimum absolute atomic E-state index is 0.243. The summed E-state index contributed by atoms with van der Waals surface area (Å²) >= 11 is 10.3. The molecule has 0 amide bonds. The Bertz CT molecular complexity index is 525. The fourth-order valence-electron chi connectivity index (χ4n) is 1.03. The highest BCUT2D eigenvalue weighted by Gasteiger charge is 2.12. The molecular formula is C8H3BrClNO2S. The summed E-state index contributed by atoms with van der Waals surface area (Å²) < 4.78 is 1.36. The molecule has 2 aromatic heterocycles. The standard InChI is InChI=1S/C8H3BrClNO2S/c9-3-2-11-4-1-5(8(12)13)14-7(4)6(3)10/h1-2H,(H,12,13). The number of pyridine rings is 1. The van der Waals surface area contributed by atoms with Crippen molar-refractivity contribution in [2.24, 2.45) is 0 Å². The number of fused-ring (bicyclic) bond motifs is 1. The molecule has 0 aliphatic heterocycles. The first-order valence-electron chi connectivity index (χ1n) is 3.56. The second-order valence-corrected chi connectivity index (χ2v) is 4.83. The van der Waals surface area contributed by atoms with Gasteiger partial charge in [0.05, 0.1) is 19.7 Å². The summed E-state index contributed by atoms with van der Waals surface area (Å²) in [6, 6.07) is 1.51. The fraction of sp³-hybridized carbons (Fsp3) is 0. The van der Waals surface area contributed by atoms with E-state index in [0.717, 1.165) is 11.3 Å². The number of thiophene rings is 1. The molecule has 0 aliphatic rings. The van der Waals surface area contributed by atoms with E-state index in [9.17, 15) is 4.79 Å². The van der Waals surface area contributed by atoms with Gasteiger partial charge < -0.3 is 5.11 Å². The van der Waals surface area contributed by atoms with Crippen LogP contribution in [0, 0.1) is 0 Å². The maximum absolute atomic E-state index is 10.7. The smallest absolute Gasteiger partial charge is 0.345 e. The Morgan fingerprint density at radius 2 is 2.36 bits per heavy atom. The van der Waals surface area contributed by atoms with E-state index in [-0.39, 0.29) is 4.88 Å². The van der Waals surface area contributed by atoms with Crippen LogP contribution in [0.3, 0.4) is 0 Å². The molecule has 2 aromatic rings. The summed E-state index contributed by atoms with van der Waals surface area (Å²) in [6.07, 6.45) is 1.56. The number of hydrogen-bond acceptors (Lipinski definition) is 3. The third-order valence-corrected chi connectivity index (χ3v) is 4.11. The molecule has 2 heterocycles. The van der Waals surface area contributed by atoms with Crippen molar-refractivity contribution in [1.82, 2.24) is 4.98 Å². The van der Waals surface area contributed by atoms with Crippen molar-refractivity contribution in [3.05, 3.63) is 26.6 Å². The van der Waals surface area contributed by atoms with Crippen LogP contribution in [0.4, 0.5) is 0 Å². The quantitative estimate of drug-likeness (QED) is 0.876. The highest BCUT2D eigenvalue weighted by Crippen LogP contribution is 2.34. The highest BCUT2D eigenvalue weighted by molar-refractivity contribution is 9.10. The van der Waals surface area contributed by atoms with Crippen LogP contribution in [0.25, 0.3) is 10.2 Å². The normalized spacial score (nSPS) is 10.7. The molecule has 0 radical (unpaired) electrons. The van der Waals surface area contributed by atoms with Gasteiger partial charge >= 0.3 is 5.97 Å². The van der Waals surface area contributed by atoms with E-state index in [1.165, 1.54) is 6.07 Å². The molecule has 14 heavy (non-hydrogen) atoms. The second-order valence-electron chi connectivity index (χ2n) is 2.55. The maximum Gasteiger partial charge on any atom is 0.345 e. The third-order valence-electron chi connectivity index (χ3n) is 1.65. The Hall–Kier alpha value is -0.650. The summed E-state index contributed by atoms with van der Waals surface area (Å²) in [6.45, 7) is 0. The summed E-state index contributed by atoms with van der Waals surface area (Å²) in [5.74, 6) is -0.958. The van der Waals surface area contributed by atoms with Gasteiger partial charge in [0, 0.05) is 6.20 Å². The molecule has 0 fully saturated rings. The van der Waals surface area contributed by atoms with Crippen LogP contribution >= 0.6 is 38.9 Å². The molecule has 6 heteroatoms. The van der Waals surface area contributed by atoms with Gasteiger partial charge in [0.15, 0.2) is 0 Å². The number of carboxylic acids is 1. The van der Waals surface area contributed by atoms with Crippen molar-refractivity contribution in [3.63, 3.8) is 0 Å². The number of aromatic carboxylic acids is 1. The van der Waals surface area contributed by atoms with Gasteiger partial charge in [0.1, 0.15) is 4.88 Å². The SMILES string of the molecule is O=C(O)c1cc2ncc(Br)c(Cl)c2s1. The van der Waals surface area contributed by atoms with Gasteiger partial charge in [-0.3, -0.25) is 4.98 Å². The summed E-state index contributed by atoms with van der Waals surface area (Å²) in [5.41, 5.74) is 0.612. The first kappa shape index (κ1) is 9.89. The lowest BCUT2D eigenvalue weighted by atomic mass is 10.4. The summed E-state index contributed by atoms with van der Waals surface area (Å²) in [5, 5.41) is 9.28. The van der Waals surface area contributed by atoms with Crippen molar-refractivity contribution in [1.29, 1.82) is 0 Å². The molecular weight excluding hydrogens is 290 g/mol. The van der Waals surface area contributed by atoms with Crippen LogP contribution in [0.1, 0.15) is 9.67 Å². The van der Waals surface area contributed by atoms with Gasteiger partial charge in [-0.05, 0) is 22.0 Å². The molecule has 2 rings (SSSR count). The molecule has 0 atom stereocenters. The van der Waals surface area contributed by atoms with Crippen LogP contribution < -0.4 is 0 Å². The van der Waals surface area contributed by atoms with Crippen LogP contribution in [0.15, 0.2) is 16.7 Å². The lowest BCUT2D eigenvalue weighted by molar-refractivity contribution is 0.0702. The number of nitrogens with zero attached hydrogens (tertiary/aromatic N) is 1. The van der Waals surface area contributed by atoms with Crippen molar-refractivity contribution in [2.75, 3.05) is 0 Å². The lowest BCUT2D eigenvalue weighted by Gasteiger charge is -1.94. The predicted octanol–water partition coefficient (Wildman–Crippen LogP) is 3.41. The number of rotatable bonds is 1. The van der Waals surface area contributed by atoms with Crippen LogP contribution in [0.2, 0.25) is 5.02 Å². The zero-order valence-corrected chi connectivity index (χ0v) is 9.78. The van der Waals surface area contributed by atoms with Crippen LogP contribution in [0.5, 0.6) is 0 Å². The Morgan fingerprint density at radius 3 is 3.00 bits per heavy atom. The zero-order valence-electron chi connectivity index (χ0n) is 6.62. The zero-order chi connectivity index (χ0) is 10.3. The number of hydrogen-bond donors (Lipinski definition) is 1. The second kappa shape index (κ2) is 3.49. The van der Waals surface area contributed by atoms with Crippen LogP contribution in [-0.2, 0) is 0 Å². The topological polar surface area (TPSA) is 50.2 Å². The molecule has 0 unspecified atom stereocenters. The molecule has 1 N–H and O–H groups in total. The first-order valence-corrected chi connectivity index (χ1v) is 5.55. The molecule has 0 spiro atoms. The van der Waals surface area contributed by atoms with Gasteiger partial charge in [0.2, 0.25) is 0 Å². The van der Waals surface area contributed by atoms with E-state index in [4.69, 9.17) is 16.7 Å². The van der Waals surface area contributed by atoms with E-state index in [1.54, 1.807) is 6.20 Å². The number of carboxylic acid groups (broad SMARTS) is 1. The first-order chi connectivity index (χ1) is 6.59. The van der Waals surface area contributed by atoms with Gasteiger partial charge in [0.25, 0.3) is 0 Å². The van der Waals surface area contributed by atoms with Crippen LogP contribution in [-0.4, -0.2) is 16.1 Å². The van der Waals surface area contributed by atoms with E-state index in [1.807, 2.05) is 0 Å². The van der Waals surface area contributed by atoms with Gasteiger partial charge in [-0.2, -0.15) is 0 Å². The molecule has 0 aliphatic carbocycles. The van der Waals surface area contributed by atoms with E-state index in [2.05, 4.69) is 20.9 Å². The predicted molar refractivity (Wildman–Crippen MR) is 59.3 cm³/mol. The third kappa shape index (κ3) is 1.51. The monoisotopic (exact) mass is 291 g/mol. The molecule has 72 valence electrons. The molecule has 0 saturated carbocycles. The Balaban J connectivity index is 2.77. The van der Waals surface area contributed by atoms with E-state index in [0.29, 0.717) is 19.7 Å². The van der Waals surface area contributed by atoms with E-state index < -0.39 is 5.97 Å². The number of halogens is 2. The molecule has 0 saturated heterocycles. The summed E-state index contributed by atoms with van der Waals surface area (Å²) in [7, 11) is 0. The van der Waals surface area contributed by atoms with Gasteiger partial charge in [-0.15, -0.1) is 11.3 Å². The van der Waals surface area contributed by atoms with Crippen molar-refractivity contribution in [3.8, 4) is 0 Å². The van der Waals surface area contributed by atoms with Crippen molar-refractivity contribution in [2.45, 2.75) is 0 Å². The fourth-order valence-corrected chi connectivity index (χ4v) is 2.62. The van der Waals surface area contributed by atoms with E-state index >= 15 is 0 Å². The van der Waals surface area contributed by atoms with Gasteiger partial charge in [-0.1, -0.05) is 11.6 Å². The minimum atomic E-state index is -0.958. The van der Waals surface area contributed by atoms with Crippen molar-refractivity contribution >= 4 is 55.1 Å². The number of carbonyl (C=O) groups is 1.